The predicted octanol–water partition coefficient (Wildman–Crippen LogP) is 3.30. The van der Waals surface area contributed by atoms with Gasteiger partial charge in [-0.05, 0) is 49.6 Å². The zero-order valence-electron chi connectivity index (χ0n) is 17.3. The summed E-state index contributed by atoms with van der Waals surface area (Å²) >= 11 is 1.25. The molecule has 31 heavy (non-hydrogen) atoms. The molecule has 1 unspecified atom stereocenters. The Morgan fingerprint density at radius 2 is 1.84 bits per heavy atom. The van der Waals surface area contributed by atoms with Crippen molar-refractivity contribution in [2.75, 3.05) is 13.2 Å². The first-order valence-electron chi connectivity index (χ1n) is 10.1. The van der Waals surface area contributed by atoms with Gasteiger partial charge < -0.3 is 10.5 Å². The second-order valence-corrected chi connectivity index (χ2v) is 8.19. The van der Waals surface area contributed by atoms with Crippen molar-refractivity contribution in [3.63, 3.8) is 0 Å². The molecule has 2 N–H and O–H groups in total. The molecule has 8 heteroatoms. The summed E-state index contributed by atoms with van der Waals surface area (Å²) in [7, 11) is 0. The molecule has 7 nitrogen and oxygen atoms in total. The van der Waals surface area contributed by atoms with E-state index in [9.17, 15) is 14.4 Å². The van der Waals surface area contributed by atoms with Crippen molar-refractivity contribution in [1.29, 1.82) is 0 Å². The summed E-state index contributed by atoms with van der Waals surface area (Å²) in [6.07, 6.45) is 1.57. The first kappa shape index (κ1) is 22.6. The second-order valence-electron chi connectivity index (χ2n) is 7.02. The summed E-state index contributed by atoms with van der Waals surface area (Å²) < 4.78 is 4.99. The first-order valence-corrected chi connectivity index (χ1v) is 11.0. The van der Waals surface area contributed by atoms with Gasteiger partial charge in [0.15, 0.2) is 5.17 Å². The number of nitrogens with two attached hydrogens (primary N) is 1. The van der Waals surface area contributed by atoms with Crippen LogP contribution in [0.2, 0.25) is 0 Å². The zero-order valence-corrected chi connectivity index (χ0v) is 18.1. The third-order valence-electron chi connectivity index (χ3n) is 4.70. The number of amides is 2. The van der Waals surface area contributed by atoms with Gasteiger partial charge in [-0.2, -0.15) is 0 Å². The predicted molar refractivity (Wildman–Crippen MR) is 121 cm³/mol. The number of carbonyl (C=O) groups excluding carboxylic acids is 3. The number of nitrogens with zero attached hydrogens (tertiary/aromatic N) is 2. The normalized spacial score (nSPS) is 17.2. The molecular formula is C23H25N3O4S. The Hall–Kier alpha value is -3.13. The van der Waals surface area contributed by atoms with Crippen LogP contribution < -0.4 is 5.73 Å². The van der Waals surface area contributed by atoms with E-state index >= 15 is 0 Å². The number of benzene rings is 2. The molecule has 0 aliphatic carbocycles. The monoisotopic (exact) mass is 439 g/mol. The SMILES string of the molecule is CCOC(=O)c1ccc(N=C2SC(CC(N)=O)C(=O)N2CCCc2ccccc2)cc1. The number of hydrogen-bond donors (Lipinski definition) is 1. The lowest BCUT2D eigenvalue weighted by Gasteiger charge is -2.16. The van der Waals surface area contributed by atoms with Crippen LogP contribution in [0.1, 0.15) is 35.7 Å². The van der Waals surface area contributed by atoms with Gasteiger partial charge in [0.2, 0.25) is 11.8 Å². The highest BCUT2D eigenvalue weighted by atomic mass is 32.2. The van der Waals surface area contributed by atoms with Crippen LogP contribution in [0.4, 0.5) is 5.69 Å². The van der Waals surface area contributed by atoms with Crippen molar-refractivity contribution < 1.29 is 19.1 Å². The summed E-state index contributed by atoms with van der Waals surface area (Å²) in [6, 6.07) is 16.7. The van der Waals surface area contributed by atoms with Gasteiger partial charge in [-0.3, -0.25) is 14.5 Å². The minimum atomic E-state index is -0.563. The van der Waals surface area contributed by atoms with Crippen molar-refractivity contribution in [3.05, 3.63) is 65.7 Å². The lowest BCUT2D eigenvalue weighted by atomic mass is 10.1. The van der Waals surface area contributed by atoms with Gasteiger partial charge in [-0.25, -0.2) is 9.79 Å². The number of aliphatic imine (C=N–C) groups is 1. The fourth-order valence-corrected chi connectivity index (χ4v) is 4.39. The molecular weight excluding hydrogens is 414 g/mol. The van der Waals surface area contributed by atoms with E-state index in [0.717, 1.165) is 12.8 Å². The Labute approximate surface area is 185 Å². The number of primary amides is 1. The number of carbonyl (C=O) groups is 3. The maximum atomic E-state index is 12.9. The van der Waals surface area contributed by atoms with E-state index in [1.54, 1.807) is 36.1 Å². The number of hydrogen-bond acceptors (Lipinski definition) is 6. The Morgan fingerprint density at radius 1 is 1.13 bits per heavy atom. The fourth-order valence-electron chi connectivity index (χ4n) is 3.20. The molecule has 1 aliphatic heterocycles. The molecule has 2 aromatic carbocycles. The molecule has 0 spiro atoms. The number of amidine groups is 1. The van der Waals surface area contributed by atoms with Gasteiger partial charge in [0, 0.05) is 13.0 Å². The van der Waals surface area contributed by atoms with E-state index in [2.05, 4.69) is 17.1 Å². The van der Waals surface area contributed by atoms with E-state index < -0.39 is 17.1 Å². The van der Waals surface area contributed by atoms with Crippen LogP contribution in [0.15, 0.2) is 59.6 Å². The van der Waals surface area contributed by atoms with Gasteiger partial charge in [-0.15, -0.1) is 0 Å². The van der Waals surface area contributed by atoms with Crippen molar-refractivity contribution in [2.45, 2.75) is 31.4 Å². The smallest absolute Gasteiger partial charge is 0.338 e. The molecule has 0 radical (unpaired) electrons. The van der Waals surface area contributed by atoms with Gasteiger partial charge in [0.25, 0.3) is 0 Å². The van der Waals surface area contributed by atoms with E-state index in [1.807, 2.05) is 18.2 Å². The lowest BCUT2D eigenvalue weighted by Crippen LogP contribution is -2.34. The Balaban J connectivity index is 1.74. The maximum absolute atomic E-state index is 12.9. The largest absolute Gasteiger partial charge is 0.462 e. The number of ether oxygens (including phenoxy) is 1. The third-order valence-corrected chi connectivity index (χ3v) is 5.88. The van der Waals surface area contributed by atoms with E-state index in [1.165, 1.54) is 17.3 Å². The molecule has 1 aliphatic rings. The van der Waals surface area contributed by atoms with Gasteiger partial charge in [0.05, 0.1) is 17.9 Å². The lowest BCUT2D eigenvalue weighted by molar-refractivity contribution is -0.128. The molecule has 0 saturated carbocycles. The number of aryl methyl sites for hydroxylation is 1. The van der Waals surface area contributed by atoms with Crippen molar-refractivity contribution in [3.8, 4) is 0 Å². The van der Waals surface area contributed by atoms with Crippen LogP contribution in [-0.2, 0) is 20.7 Å². The molecule has 0 aromatic heterocycles. The standard InChI is InChI=1S/C23H25N3O4S/c1-2-30-22(29)17-10-12-18(13-11-17)25-23-26(21(28)19(31-23)15-20(24)27)14-6-9-16-7-4-3-5-8-16/h3-5,7-8,10-13,19H,2,6,9,14-15H2,1H3,(H2,24,27). The third kappa shape index (κ3) is 6.18. The van der Waals surface area contributed by atoms with Crippen LogP contribution in [0.5, 0.6) is 0 Å². The van der Waals surface area contributed by atoms with Crippen LogP contribution >= 0.6 is 11.8 Å². The van der Waals surface area contributed by atoms with E-state index in [4.69, 9.17) is 10.5 Å². The number of rotatable bonds is 9. The zero-order chi connectivity index (χ0) is 22.2. The fraction of sp³-hybridized carbons (Fsp3) is 0.304. The summed E-state index contributed by atoms with van der Waals surface area (Å²) in [6.45, 7) is 2.55. The first-order chi connectivity index (χ1) is 15.0. The summed E-state index contributed by atoms with van der Waals surface area (Å²) in [5.74, 6) is -1.06. The van der Waals surface area contributed by atoms with Crippen LogP contribution in [-0.4, -0.2) is 46.3 Å². The highest BCUT2D eigenvalue weighted by molar-refractivity contribution is 8.15. The number of thioether (sulfide) groups is 1. The molecule has 1 fully saturated rings. The molecule has 2 amide bonds. The van der Waals surface area contributed by atoms with Gasteiger partial charge in [0.1, 0.15) is 5.25 Å². The molecule has 0 bridgehead atoms. The van der Waals surface area contributed by atoms with Crippen LogP contribution in [0.25, 0.3) is 0 Å². The molecule has 2 aromatic rings. The molecule has 1 atom stereocenters. The van der Waals surface area contributed by atoms with Crippen molar-refractivity contribution in [1.82, 2.24) is 4.90 Å². The summed E-state index contributed by atoms with van der Waals surface area (Å²) in [5, 5.41) is -0.0278. The van der Waals surface area contributed by atoms with Crippen molar-refractivity contribution in [2.24, 2.45) is 10.7 Å². The van der Waals surface area contributed by atoms with E-state index in [-0.39, 0.29) is 12.3 Å². The molecule has 1 heterocycles. The van der Waals surface area contributed by atoms with Gasteiger partial charge in [-0.1, -0.05) is 42.1 Å². The maximum Gasteiger partial charge on any atom is 0.338 e. The quantitative estimate of drug-likeness (QED) is 0.604. The Kier molecular flexibility index (Phi) is 7.83. The average Bonchev–Trinajstić information content (AvgIpc) is 3.03. The van der Waals surface area contributed by atoms with E-state index in [0.29, 0.717) is 29.6 Å². The van der Waals surface area contributed by atoms with Crippen LogP contribution in [0, 0.1) is 0 Å². The number of esters is 1. The molecule has 3 rings (SSSR count). The Morgan fingerprint density at radius 3 is 2.48 bits per heavy atom. The highest BCUT2D eigenvalue weighted by Crippen LogP contribution is 2.32. The summed E-state index contributed by atoms with van der Waals surface area (Å²) in [4.78, 5) is 42.3. The minimum absolute atomic E-state index is 0.0283. The highest BCUT2D eigenvalue weighted by Gasteiger charge is 2.38. The summed E-state index contributed by atoms with van der Waals surface area (Å²) in [5.41, 5.74) is 7.56. The molecule has 1 saturated heterocycles. The minimum Gasteiger partial charge on any atom is -0.462 e. The van der Waals surface area contributed by atoms with Gasteiger partial charge >= 0.3 is 5.97 Å². The second kappa shape index (κ2) is 10.8. The average molecular weight is 440 g/mol. The molecule has 162 valence electrons. The topological polar surface area (TPSA) is 102 Å². The van der Waals surface area contributed by atoms with Crippen molar-refractivity contribution >= 4 is 40.4 Å². The van der Waals surface area contributed by atoms with Crippen LogP contribution in [0.3, 0.4) is 0 Å². The Bertz CT molecular complexity index is 961.